The van der Waals surface area contributed by atoms with E-state index in [9.17, 15) is 43.5 Å². The van der Waals surface area contributed by atoms with Crippen LogP contribution in [0.2, 0.25) is 0 Å². The van der Waals surface area contributed by atoms with Crippen LogP contribution in [-0.2, 0) is 33.5 Å². The van der Waals surface area contributed by atoms with Gasteiger partial charge in [-0.15, -0.1) is 0 Å². The molecule has 2 saturated carbocycles. The molecule has 0 unspecified atom stereocenters. The largest absolute Gasteiger partial charge is 0.478 e. The molecule has 17 heteroatoms. The van der Waals surface area contributed by atoms with Crippen LogP contribution < -0.4 is 27.0 Å². The minimum atomic E-state index is -1.60. The van der Waals surface area contributed by atoms with Gasteiger partial charge in [0.1, 0.15) is 36.4 Å². The lowest BCUT2D eigenvalue weighted by Gasteiger charge is -2.37. The lowest BCUT2D eigenvalue weighted by molar-refractivity contribution is -0.145. The number of nitrogens with two attached hydrogens (primary N) is 1. The number of hydrogen-bond donors (Lipinski definition) is 6. The number of ether oxygens (including phenoxy) is 1. The number of benzene rings is 1. The smallest absolute Gasteiger partial charge is 0.336 e. The minimum absolute atomic E-state index is 0.0800. The van der Waals surface area contributed by atoms with E-state index >= 15 is 4.39 Å². The fraction of sp³-hybridized carbons (Fsp3) is 0.628. The number of nitrogens with one attached hydrogen (secondary N) is 4. The maximum Gasteiger partial charge on any atom is 0.336 e. The van der Waals surface area contributed by atoms with E-state index in [1.54, 1.807) is 20.8 Å². The van der Waals surface area contributed by atoms with Crippen LogP contribution in [-0.4, -0.2) is 107 Å². The number of halogens is 1. The molecular weight excluding hydrogens is 780 g/mol. The summed E-state index contributed by atoms with van der Waals surface area (Å²) in [7, 11) is 1.19. The lowest BCUT2D eigenvalue weighted by atomic mass is 9.81. The predicted octanol–water partition coefficient (Wildman–Crippen LogP) is 3.08. The van der Waals surface area contributed by atoms with Crippen LogP contribution >= 0.6 is 0 Å². The summed E-state index contributed by atoms with van der Waals surface area (Å²) >= 11 is 0. The Hall–Kier alpha value is -5.35. The minimum Gasteiger partial charge on any atom is -0.478 e. The summed E-state index contributed by atoms with van der Waals surface area (Å²) in [5.41, 5.74) is 4.23. The SMILES string of the molecule is COC(=O)/C=C/CC[C@H](NC(=O)c1ccccc1C(=O)O)C(=O)N[C@H](C(=O)N1C[C@@H](F)C[C@H]1C(=O)N[C@H](C(=O)N[C@H](C(N)=O)C1CCCCC1)C1CCCCC1)C(C)(C)C. The predicted molar refractivity (Wildman–Crippen MR) is 218 cm³/mol. The first-order valence-electron chi connectivity index (χ1n) is 21.0. The van der Waals surface area contributed by atoms with Crippen LogP contribution in [0, 0.1) is 17.3 Å². The van der Waals surface area contributed by atoms with Crippen molar-refractivity contribution in [3.63, 3.8) is 0 Å². The van der Waals surface area contributed by atoms with E-state index in [1.807, 2.05) is 0 Å². The number of likely N-dealkylation sites (tertiary alicyclic amines) is 1. The number of carbonyl (C=O) groups is 8. The molecule has 6 atom stereocenters. The van der Waals surface area contributed by atoms with Gasteiger partial charge in [0.15, 0.2) is 0 Å². The molecule has 3 aliphatic rings. The number of rotatable bonds is 17. The van der Waals surface area contributed by atoms with E-state index in [4.69, 9.17) is 5.73 Å². The standard InChI is InChI=1S/C43H61FN6O10/c1-43(2,3)35(49-38(54)30(21-13-14-22-32(51)60-4)46-37(53)28-19-11-12-20-29(28)42(58)59)41(57)50-24-27(44)23-31(50)39(55)48-34(26-17-9-6-10-18-26)40(56)47-33(36(45)52)25-15-7-5-8-16-25/h11-12,14,19-20,22,25-27,30-31,33-35H,5-10,13,15-18,21,23-24H2,1-4H3,(H2,45,52)(H,46,53)(H,47,56)(H,48,55)(H,49,54)(H,58,59)/b22-14+/t27-,30-,31-,33-,34-,35+/m0/s1. The van der Waals surface area contributed by atoms with Crippen molar-refractivity contribution in [1.29, 1.82) is 0 Å². The number of carboxylic acids is 1. The second kappa shape index (κ2) is 21.8. The molecule has 1 aliphatic heterocycles. The van der Waals surface area contributed by atoms with Gasteiger partial charge in [-0.2, -0.15) is 0 Å². The molecule has 0 aromatic heterocycles. The van der Waals surface area contributed by atoms with Crippen molar-refractivity contribution in [2.75, 3.05) is 13.7 Å². The number of nitrogens with zero attached hydrogens (tertiary/aromatic N) is 1. The summed E-state index contributed by atoms with van der Waals surface area (Å²) in [6, 6.07) is -0.606. The summed E-state index contributed by atoms with van der Waals surface area (Å²) in [6.07, 6.45) is 8.79. The number of hydrogen-bond acceptors (Lipinski definition) is 9. The Balaban J connectivity index is 1.57. The maximum atomic E-state index is 15.3. The Morgan fingerprint density at radius 3 is 1.98 bits per heavy atom. The van der Waals surface area contributed by atoms with Crippen LogP contribution in [0.4, 0.5) is 4.39 Å². The van der Waals surface area contributed by atoms with Crippen molar-refractivity contribution in [3.8, 4) is 0 Å². The number of alkyl halides is 1. The van der Waals surface area contributed by atoms with Crippen LogP contribution in [0.15, 0.2) is 36.4 Å². The summed E-state index contributed by atoms with van der Waals surface area (Å²) in [4.78, 5) is 107. The Bertz CT molecular complexity index is 1770. The molecule has 2 aliphatic carbocycles. The van der Waals surface area contributed by atoms with Gasteiger partial charge in [-0.1, -0.05) is 77.5 Å². The zero-order valence-corrected chi connectivity index (χ0v) is 35.0. The fourth-order valence-corrected chi connectivity index (χ4v) is 8.46. The second-order valence-electron chi connectivity index (χ2n) is 17.2. The zero-order chi connectivity index (χ0) is 44.1. The number of allylic oxidation sites excluding steroid dienone is 1. The first-order chi connectivity index (χ1) is 28.4. The molecule has 3 fully saturated rings. The number of esters is 1. The van der Waals surface area contributed by atoms with Crippen molar-refractivity contribution < 1.29 is 52.6 Å². The van der Waals surface area contributed by atoms with Crippen LogP contribution in [0.5, 0.6) is 0 Å². The molecule has 1 aromatic rings. The van der Waals surface area contributed by atoms with E-state index in [0.717, 1.165) is 62.3 Å². The number of carbonyl (C=O) groups excluding carboxylic acids is 7. The van der Waals surface area contributed by atoms with Crippen molar-refractivity contribution in [3.05, 3.63) is 47.5 Å². The number of primary amides is 1. The average molecular weight is 841 g/mol. The van der Waals surface area contributed by atoms with Crippen LogP contribution in [0.1, 0.15) is 125 Å². The lowest BCUT2D eigenvalue weighted by Crippen LogP contribution is -2.62. The highest BCUT2D eigenvalue weighted by molar-refractivity contribution is 6.06. The number of amides is 6. The monoisotopic (exact) mass is 840 g/mol. The number of aromatic carboxylic acids is 1. The average Bonchev–Trinajstić information content (AvgIpc) is 3.63. The third-order valence-electron chi connectivity index (χ3n) is 11.8. The molecule has 1 aromatic carbocycles. The Morgan fingerprint density at radius 1 is 0.850 bits per heavy atom. The summed E-state index contributed by atoms with van der Waals surface area (Å²) in [5.74, 6) is -6.86. The van der Waals surface area contributed by atoms with Gasteiger partial charge in [0.25, 0.3) is 5.91 Å². The molecule has 4 rings (SSSR count). The maximum absolute atomic E-state index is 15.3. The fourth-order valence-electron chi connectivity index (χ4n) is 8.46. The van der Waals surface area contributed by atoms with E-state index < -0.39 is 95.7 Å². The molecule has 16 nitrogen and oxygen atoms in total. The van der Waals surface area contributed by atoms with Gasteiger partial charge in [0.05, 0.1) is 24.8 Å². The van der Waals surface area contributed by atoms with E-state index in [2.05, 4.69) is 26.0 Å². The first kappa shape index (κ1) is 47.3. The highest BCUT2D eigenvalue weighted by Crippen LogP contribution is 2.31. The Labute approximate surface area is 350 Å². The van der Waals surface area contributed by atoms with Crippen molar-refractivity contribution in [1.82, 2.24) is 26.2 Å². The highest BCUT2D eigenvalue weighted by Gasteiger charge is 2.47. The molecule has 0 spiro atoms. The van der Waals surface area contributed by atoms with Crippen molar-refractivity contribution >= 4 is 47.4 Å². The third-order valence-corrected chi connectivity index (χ3v) is 11.8. The molecular formula is C43H61FN6O10. The molecule has 1 heterocycles. The van der Waals surface area contributed by atoms with Gasteiger partial charge in [0, 0.05) is 12.5 Å². The topological polar surface area (TPSA) is 243 Å². The number of methoxy groups -OCH3 is 1. The normalized spacial score (nSPS) is 20.9. The molecule has 7 N–H and O–H groups in total. The van der Waals surface area contributed by atoms with E-state index in [0.29, 0.717) is 12.8 Å². The van der Waals surface area contributed by atoms with Crippen LogP contribution in [0.25, 0.3) is 0 Å². The number of carboxylic acid groups (broad SMARTS) is 1. The molecule has 330 valence electrons. The molecule has 0 bridgehead atoms. The van der Waals surface area contributed by atoms with Crippen molar-refractivity contribution in [2.45, 2.75) is 141 Å². The molecule has 60 heavy (non-hydrogen) atoms. The van der Waals surface area contributed by atoms with Gasteiger partial charge in [0.2, 0.25) is 29.5 Å². The van der Waals surface area contributed by atoms with Gasteiger partial charge >= 0.3 is 11.9 Å². The van der Waals surface area contributed by atoms with E-state index in [1.165, 1.54) is 37.5 Å². The van der Waals surface area contributed by atoms with E-state index in [-0.39, 0.29) is 42.2 Å². The van der Waals surface area contributed by atoms with Gasteiger partial charge in [-0.25, -0.2) is 14.0 Å². The molecule has 0 radical (unpaired) electrons. The molecule has 1 saturated heterocycles. The Morgan fingerprint density at radius 2 is 1.43 bits per heavy atom. The zero-order valence-electron chi connectivity index (χ0n) is 35.0. The van der Waals surface area contributed by atoms with Crippen molar-refractivity contribution in [2.24, 2.45) is 23.0 Å². The van der Waals surface area contributed by atoms with Gasteiger partial charge in [-0.05, 0) is 67.9 Å². The summed E-state index contributed by atoms with van der Waals surface area (Å²) in [5, 5.41) is 20.6. The molecule has 6 amide bonds. The quantitative estimate of drug-likeness (QED) is 0.0989. The second-order valence-corrected chi connectivity index (χ2v) is 17.2. The third kappa shape index (κ3) is 12.8. The highest BCUT2D eigenvalue weighted by atomic mass is 19.1. The van der Waals surface area contributed by atoms with Gasteiger partial charge < -0.3 is 41.7 Å². The van der Waals surface area contributed by atoms with Gasteiger partial charge in [-0.3, -0.25) is 28.8 Å². The summed E-state index contributed by atoms with van der Waals surface area (Å²) in [6.45, 7) is 4.52. The van der Waals surface area contributed by atoms with Crippen LogP contribution in [0.3, 0.4) is 0 Å². The first-order valence-corrected chi connectivity index (χ1v) is 21.0. The Kier molecular flexibility index (Phi) is 17.2. The summed E-state index contributed by atoms with van der Waals surface area (Å²) < 4.78 is 19.9.